The molecule has 1 aromatic carbocycles. The van der Waals surface area contributed by atoms with Gasteiger partial charge in [0.25, 0.3) is 5.56 Å². The Balaban J connectivity index is 1.40. The summed E-state index contributed by atoms with van der Waals surface area (Å²) < 4.78 is 9.75. The van der Waals surface area contributed by atoms with E-state index in [1.165, 1.54) is 22.0 Å². The fraction of sp³-hybridized carbons (Fsp3) is 0.125. The van der Waals surface area contributed by atoms with E-state index >= 15 is 0 Å². The Kier molecular flexibility index (Phi) is 6.55. The van der Waals surface area contributed by atoms with Gasteiger partial charge in [-0.05, 0) is 30.3 Å². The third kappa shape index (κ3) is 5.23. The highest BCUT2D eigenvalue weighted by Crippen LogP contribution is 2.27. The maximum Gasteiger partial charge on any atom is 0.255 e. The van der Waals surface area contributed by atoms with E-state index in [4.69, 9.17) is 16.3 Å². The topological polar surface area (TPSA) is 108 Å². The molecule has 35 heavy (non-hydrogen) atoms. The van der Waals surface area contributed by atoms with E-state index in [9.17, 15) is 9.59 Å². The predicted octanol–water partition coefficient (Wildman–Crippen LogP) is 4.25. The molecule has 0 bridgehead atoms. The number of ketones is 1. The molecule has 0 radical (unpaired) electrons. The van der Waals surface area contributed by atoms with Crippen molar-refractivity contribution in [2.24, 2.45) is 0 Å². The second kappa shape index (κ2) is 10.1. The van der Waals surface area contributed by atoms with Crippen LogP contribution in [0.5, 0.6) is 5.75 Å². The van der Waals surface area contributed by atoms with Crippen LogP contribution < -0.4 is 10.3 Å². The van der Waals surface area contributed by atoms with Gasteiger partial charge in [-0.25, -0.2) is 9.67 Å². The van der Waals surface area contributed by atoms with E-state index in [1.807, 2.05) is 12.1 Å². The van der Waals surface area contributed by atoms with Gasteiger partial charge < -0.3 is 9.72 Å². The van der Waals surface area contributed by atoms with Gasteiger partial charge in [0.2, 0.25) is 0 Å². The normalized spacial score (nSPS) is 11.0. The van der Waals surface area contributed by atoms with Crippen LogP contribution in [0, 0.1) is 0 Å². The van der Waals surface area contributed by atoms with E-state index in [1.54, 1.807) is 59.8 Å². The summed E-state index contributed by atoms with van der Waals surface area (Å²) in [6.07, 6.45) is 7.56. The predicted molar refractivity (Wildman–Crippen MR) is 132 cm³/mol. The molecular formula is C24H19ClN6O3S. The number of imidazole rings is 1. The number of pyridine rings is 1. The van der Waals surface area contributed by atoms with Gasteiger partial charge in [-0.2, -0.15) is 0 Å². The van der Waals surface area contributed by atoms with Gasteiger partial charge in [0.05, 0.1) is 26.8 Å². The molecule has 0 aliphatic heterocycles. The number of halogens is 1. The molecule has 4 heterocycles. The summed E-state index contributed by atoms with van der Waals surface area (Å²) in [4.78, 5) is 32.5. The SMILES string of the molecule is O=C(CCc1cn(-c2ccc(-n3ccccc3=O)cc2OCc2ncc[nH]2)nn1)c1ccc(Cl)s1. The standard InChI is InChI=1S/C24H19ClN6O3S/c25-22-9-8-21(35-22)19(32)7-4-16-14-31(29-28-16)18-6-5-17(30-12-2-1-3-24(30)33)13-20(18)34-15-23-26-10-11-27-23/h1-3,5-6,8-14H,4,7,15H2,(H,26,27). The summed E-state index contributed by atoms with van der Waals surface area (Å²) in [5, 5.41) is 8.45. The van der Waals surface area contributed by atoms with Crippen molar-refractivity contribution in [3.63, 3.8) is 0 Å². The second-order valence-corrected chi connectivity index (χ2v) is 9.28. The Hall–Kier alpha value is -4.02. The molecule has 176 valence electrons. The molecule has 0 amide bonds. The molecule has 0 fully saturated rings. The quantitative estimate of drug-likeness (QED) is 0.299. The number of carbonyl (C=O) groups excluding carboxylic acids is 1. The van der Waals surface area contributed by atoms with Crippen LogP contribution in [0.15, 0.2) is 78.1 Å². The van der Waals surface area contributed by atoms with Gasteiger partial charge in [0, 0.05) is 43.6 Å². The minimum atomic E-state index is -0.156. The monoisotopic (exact) mass is 506 g/mol. The number of rotatable bonds is 9. The Bertz CT molecular complexity index is 1520. The zero-order valence-corrected chi connectivity index (χ0v) is 19.9. The zero-order valence-electron chi connectivity index (χ0n) is 18.3. The van der Waals surface area contributed by atoms with Gasteiger partial charge >= 0.3 is 0 Å². The van der Waals surface area contributed by atoms with E-state index in [2.05, 4.69) is 20.3 Å². The molecule has 1 N–H and O–H groups in total. The lowest BCUT2D eigenvalue weighted by atomic mass is 10.1. The van der Waals surface area contributed by atoms with Crippen LogP contribution in [0.25, 0.3) is 11.4 Å². The van der Waals surface area contributed by atoms with Crippen LogP contribution in [0.2, 0.25) is 4.34 Å². The van der Waals surface area contributed by atoms with E-state index in [0.717, 1.165) is 0 Å². The molecule has 0 aliphatic carbocycles. The number of aromatic amines is 1. The summed E-state index contributed by atoms with van der Waals surface area (Å²) in [5.74, 6) is 1.16. The molecule has 0 aliphatic rings. The number of nitrogens with zero attached hydrogens (tertiary/aromatic N) is 5. The number of H-pyrrole nitrogens is 1. The minimum Gasteiger partial charge on any atom is -0.483 e. The molecule has 0 spiro atoms. The van der Waals surface area contributed by atoms with Crippen LogP contribution in [0.4, 0.5) is 0 Å². The third-order valence-corrected chi connectivity index (χ3v) is 6.48. The van der Waals surface area contributed by atoms with Crippen LogP contribution in [0.1, 0.15) is 27.6 Å². The van der Waals surface area contributed by atoms with Crippen LogP contribution in [-0.2, 0) is 13.0 Å². The number of benzene rings is 1. The summed E-state index contributed by atoms with van der Waals surface area (Å²) in [6.45, 7) is 0.201. The first-order valence-electron chi connectivity index (χ1n) is 10.7. The van der Waals surface area contributed by atoms with Crippen molar-refractivity contribution >= 4 is 28.7 Å². The molecule has 5 aromatic rings. The first-order valence-corrected chi connectivity index (χ1v) is 11.9. The molecule has 0 atom stereocenters. The van der Waals surface area contributed by atoms with Crippen LogP contribution in [0.3, 0.4) is 0 Å². The van der Waals surface area contributed by atoms with Gasteiger partial charge in [-0.15, -0.1) is 16.4 Å². The molecular weight excluding hydrogens is 488 g/mol. The number of hydrogen-bond acceptors (Lipinski definition) is 7. The van der Waals surface area contributed by atoms with Crippen molar-refractivity contribution in [1.29, 1.82) is 0 Å². The molecule has 0 unspecified atom stereocenters. The Morgan fingerprint density at radius 2 is 2.09 bits per heavy atom. The van der Waals surface area contributed by atoms with Crippen LogP contribution in [-0.4, -0.2) is 35.3 Å². The van der Waals surface area contributed by atoms with Crippen molar-refractivity contribution in [2.75, 3.05) is 0 Å². The highest BCUT2D eigenvalue weighted by molar-refractivity contribution is 7.18. The lowest BCUT2D eigenvalue weighted by molar-refractivity contribution is 0.0986. The smallest absolute Gasteiger partial charge is 0.255 e. The first-order chi connectivity index (χ1) is 17.1. The summed E-state index contributed by atoms with van der Waals surface area (Å²) in [5.41, 5.74) is 1.80. The van der Waals surface area contributed by atoms with E-state index in [0.29, 0.717) is 50.7 Å². The molecule has 5 rings (SSSR count). The van der Waals surface area contributed by atoms with E-state index in [-0.39, 0.29) is 17.9 Å². The molecule has 0 saturated heterocycles. The number of Topliss-reactive ketones (excluding diaryl/α,β-unsaturated/α-hetero) is 1. The van der Waals surface area contributed by atoms with E-state index < -0.39 is 0 Å². The zero-order chi connectivity index (χ0) is 24.2. The fourth-order valence-electron chi connectivity index (χ4n) is 3.48. The number of aryl methyl sites for hydroxylation is 1. The molecule has 11 heteroatoms. The lowest BCUT2D eigenvalue weighted by Crippen LogP contribution is -2.16. The largest absolute Gasteiger partial charge is 0.483 e. The Labute approximate surface area is 208 Å². The first kappa shape index (κ1) is 22.8. The average molecular weight is 507 g/mol. The second-order valence-electron chi connectivity index (χ2n) is 7.57. The number of nitrogens with one attached hydrogen (secondary N) is 1. The lowest BCUT2D eigenvalue weighted by Gasteiger charge is -2.13. The van der Waals surface area contributed by atoms with Crippen molar-refractivity contribution in [3.8, 4) is 17.1 Å². The van der Waals surface area contributed by atoms with Crippen molar-refractivity contribution in [1.82, 2.24) is 29.5 Å². The molecule has 0 saturated carbocycles. The number of ether oxygens (including phenoxy) is 1. The highest BCUT2D eigenvalue weighted by atomic mass is 35.5. The number of aromatic nitrogens is 6. The Morgan fingerprint density at radius 3 is 2.86 bits per heavy atom. The maximum absolute atomic E-state index is 12.4. The summed E-state index contributed by atoms with van der Waals surface area (Å²) in [6, 6.07) is 13.8. The summed E-state index contributed by atoms with van der Waals surface area (Å²) in [7, 11) is 0. The van der Waals surface area contributed by atoms with Crippen molar-refractivity contribution < 1.29 is 9.53 Å². The van der Waals surface area contributed by atoms with Gasteiger partial charge in [-0.1, -0.05) is 22.9 Å². The van der Waals surface area contributed by atoms with Gasteiger partial charge in [0.1, 0.15) is 23.9 Å². The molecule has 4 aromatic heterocycles. The number of thiophene rings is 1. The van der Waals surface area contributed by atoms with Crippen molar-refractivity contribution in [2.45, 2.75) is 19.4 Å². The van der Waals surface area contributed by atoms with Crippen LogP contribution >= 0.6 is 22.9 Å². The third-order valence-electron chi connectivity index (χ3n) is 5.21. The highest BCUT2D eigenvalue weighted by Gasteiger charge is 2.14. The Morgan fingerprint density at radius 1 is 1.17 bits per heavy atom. The fourth-order valence-corrected chi connectivity index (χ4v) is 4.49. The van der Waals surface area contributed by atoms with Crippen molar-refractivity contribution in [3.05, 3.63) is 104 Å². The summed E-state index contributed by atoms with van der Waals surface area (Å²) >= 11 is 7.19. The number of hydrogen-bond donors (Lipinski definition) is 1. The van der Waals surface area contributed by atoms with Gasteiger partial charge in [-0.3, -0.25) is 14.2 Å². The molecule has 9 nitrogen and oxygen atoms in total. The minimum absolute atomic E-state index is 0.0107. The maximum atomic E-state index is 12.4. The van der Waals surface area contributed by atoms with Gasteiger partial charge in [0.15, 0.2) is 5.78 Å². The average Bonchev–Trinajstić information content (AvgIpc) is 3.64. The number of carbonyl (C=O) groups is 1.